The molecule has 1 unspecified atom stereocenters. The number of fused-ring (bicyclic) bond motifs is 2. The van der Waals surface area contributed by atoms with E-state index >= 15 is 0 Å². The molecule has 1 amide bonds. The number of hydrogen-bond acceptors (Lipinski definition) is 5. The Bertz CT molecular complexity index is 1350. The predicted molar refractivity (Wildman–Crippen MR) is 143 cm³/mol. The largest absolute Gasteiger partial charge is 0.442 e. The first kappa shape index (κ1) is 24.9. The summed E-state index contributed by atoms with van der Waals surface area (Å²) in [4.78, 5) is 29.2. The molecule has 0 radical (unpaired) electrons. The molecule has 0 bridgehead atoms. The molecule has 2 aromatic heterocycles. The fraction of sp³-hybridized carbons (Fsp3) is 0.533. The number of aryl methyl sites for hydroxylation is 2. The third-order valence-corrected chi connectivity index (χ3v) is 7.80. The quantitative estimate of drug-likeness (QED) is 0.480. The van der Waals surface area contributed by atoms with Crippen LogP contribution in [0, 0.1) is 0 Å². The first-order valence-corrected chi connectivity index (χ1v) is 14.0. The van der Waals surface area contributed by atoms with Crippen LogP contribution in [-0.4, -0.2) is 54.1 Å². The van der Waals surface area contributed by atoms with Crippen LogP contribution in [0.2, 0.25) is 0 Å². The highest BCUT2D eigenvalue weighted by Gasteiger charge is 2.42. The lowest BCUT2D eigenvalue weighted by molar-refractivity contribution is 0.0513. The summed E-state index contributed by atoms with van der Waals surface area (Å²) in [6, 6.07) is 10.6. The fourth-order valence-electron chi connectivity index (χ4n) is 5.95. The normalized spacial score (nSPS) is 19.0. The SMILES string of the molecule is CC(C)(C)OC(=O)n1cc2c(n1)CCC(N(C(=O)c1c3c(nn1Cc1ccccc1)CCCC3)C1CC1)C2. The summed E-state index contributed by atoms with van der Waals surface area (Å²) in [6.07, 6.45) is 9.80. The number of ether oxygens (including phenoxy) is 1. The van der Waals surface area contributed by atoms with Crippen LogP contribution in [0.1, 0.15) is 91.4 Å². The Kier molecular flexibility index (Phi) is 6.36. The highest BCUT2D eigenvalue weighted by Crippen LogP contribution is 2.36. The number of aromatic nitrogens is 4. The Labute approximate surface area is 224 Å². The van der Waals surface area contributed by atoms with E-state index in [1.54, 1.807) is 6.20 Å². The summed E-state index contributed by atoms with van der Waals surface area (Å²) in [5.41, 5.74) is 5.56. The van der Waals surface area contributed by atoms with Gasteiger partial charge in [-0.15, -0.1) is 0 Å². The van der Waals surface area contributed by atoms with Crippen LogP contribution < -0.4 is 0 Å². The van der Waals surface area contributed by atoms with E-state index in [9.17, 15) is 9.59 Å². The molecule has 0 N–H and O–H groups in total. The van der Waals surface area contributed by atoms with Crippen molar-refractivity contribution in [2.24, 2.45) is 0 Å². The number of benzene rings is 1. The van der Waals surface area contributed by atoms with Crippen LogP contribution in [0.25, 0.3) is 0 Å². The summed E-state index contributed by atoms with van der Waals surface area (Å²) in [7, 11) is 0. The van der Waals surface area contributed by atoms with Gasteiger partial charge in [0, 0.05) is 23.8 Å². The summed E-state index contributed by atoms with van der Waals surface area (Å²) >= 11 is 0. The van der Waals surface area contributed by atoms with Crippen LogP contribution in [-0.2, 0) is 37.0 Å². The number of hydrogen-bond donors (Lipinski definition) is 0. The van der Waals surface area contributed by atoms with Crippen molar-refractivity contribution in [1.29, 1.82) is 0 Å². The van der Waals surface area contributed by atoms with Gasteiger partial charge in [0.15, 0.2) is 0 Å². The molecule has 3 aromatic rings. The van der Waals surface area contributed by atoms with Gasteiger partial charge in [-0.2, -0.15) is 14.9 Å². The molecule has 6 rings (SSSR count). The van der Waals surface area contributed by atoms with E-state index in [2.05, 4.69) is 22.1 Å². The number of amides is 1. The van der Waals surface area contributed by atoms with Crippen LogP contribution in [0.3, 0.4) is 0 Å². The minimum Gasteiger partial charge on any atom is -0.442 e. The Morgan fingerprint density at radius 1 is 0.974 bits per heavy atom. The second-order valence-electron chi connectivity index (χ2n) is 12.0. The first-order valence-electron chi connectivity index (χ1n) is 14.0. The van der Waals surface area contributed by atoms with Crippen molar-refractivity contribution in [1.82, 2.24) is 24.5 Å². The van der Waals surface area contributed by atoms with Gasteiger partial charge >= 0.3 is 6.09 Å². The van der Waals surface area contributed by atoms with Gasteiger partial charge in [-0.1, -0.05) is 30.3 Å². The standard InChI is InChI=1S/C30H37N5O3/c1-30(2,3)38-29(37)34-19-21-17-23(15-16-25(21)31-34)35(22-13-14-22)28(36)27-24-11-7-8-12-26(24)32-33(27)18-20-9-5-4-6-10-20/h4-6,9-10,19,22-23H,7-8,11-18H2,1-3H3. The molecule has 1 saturated carbocycles. The highest BCUT2D eigenvalue weighted by molar-refractivity contribution is 5.95. The van der Waals surface area contributed by atoms with Crippen molar-refractivity contribution >= 4 is 12.0 Å². The molecular weight excluding hydrogens is 478 g/mol. The van der Waals surface area contributed by atoms with E-state index in [1.165, 1.54) is 4.68 Å². The average Bonchev–Trinajstić information content (AvgIpc) is 3.50. The van der Waals surface area contributed by atoms with Gasteiger partial charge < -0.3 is 9.64 Å². The number of carbonyl (C=O) groups is 2. The lowest BCUT2D eigenvalue weighted by Gasteiger charge is -2.34. The molecule has 200 valence electrons. The maximum absolute atomic E-state index is 14.4. The van der Waals surface area contributed by atoms with E-state index in [1.807, 2.05) is 43.7 Å². The van der Waals surface area contributed by atoms with Gasteiger partial charge in [-0.05, 0) is 89.7 Å². The van der Waals surface area contributed by atoms with Crippen LogP contribution in [0.15, 0.2) is 36.5 Å². The highest BCUT2D eigenvalue weighted by atomic mass is 16.6. The van der Waals surface area contributed by atoms with Gasteiger partial charge in [0.1, 0.15) is 11.3 Å². The molecule has 1 fully saturated rings. The third kappa shape index (κ3) is 5.00. The Balaban J connectivity index is 1.28. The molecule has 3 aliphatic carbocycles. The summed E-state index contributed by atoms with van der Waals surface area (Å²) in [5, 5.41) is 9.49. The topological polar surface area (TPSA) is 82.2 Å². The van der Waals surface area contributed by atoms with Crippen LogP contribution in [0.4, 0.5) is 4.79 Å². The summed E-state index contributed by atoms with van der Waals surface area (Å²) in [6.45, 7) is 6.16. The van der Waals surface area contributed by atoms with E-state index in [-0.39, 0.29) is 18.0 Å². The van der Waals surface area contributed by atoms with E-state index < -0.39 is 11.7 Å². The Hall–Kier alpha value is -3.42. The molecule has 2 heterocycles. The summed E-state index contributed by atoms with van der Waals surface area (Å²) < 4.78 is 8.81. The van der Waals surface area contributed by atoms with Gasteiger partial charge in [0.25, 0.3) is 5.91 Å². The predicted octanol–water partition coefficient (Wildman–Crippen LogP) is 4.95. The van der Waals surface area contributed by atoms with E-state index in [0.29, 0.717) is 13.0 Å². The zero-order chi connectivity index (χ0) is 26.4. The van der Waals surface area contributed by atoms with Crippen molar-refractivity contribution in [3.05, 3.63) is 70.3 Å². The molecule has 0 aliphatic heterocycles. The van der Waals surface area contributed by atoms with Gasteiger partial charge in [0.2, 0.25) is 0 Å². The molecular formula is C30H37N5O3. The van der Waals surface area contributed by atoms with Gasteiger partial charge in [-0.25, -0.2) is 4.79 Å². The number of rotatable bonds is 5. The van der Waals surface area contributed by atoms with Crippen molar-refractivity contribution < 1.29 is 14.3 Å². The maximum Gasteiger partial charge on any atom is 0.435 e. The second-order valence-corrected chi connectivity index (χ2v) is 12.0. The molecule has 0 saturated heterocycles. The van der Waals surface area contributed by atoms with Crippen molar-refractivity contribution in [3.63, 3.8) is 0 Å². The molecule has 8 nitrogen and oxygen atoms in total. The van der Waals surface area contributed by atoms with Crippen LogP contribution >= 0.6 is 0 Å². The lowest BCUT2D eigenvalue weighted by Crippen LogP contribution is -2.45. The number of nitrogens with zero attached hydrogens (tertiary/aromatic N) is 5. The minimum atomic E-state index is -0.580. The lowest BCUT2D eigenvalue weighted by atomic mass is 9.91. The van der Waals surface area contributed by atoms with Crippen molar-refractivity contribution in [3.8, 4) is 0 Å². The Morgan fingerprint density at radius 2 is 1.74 bits per heavy atom. The maximum atomic E-state index is 14.4. The average molecular weight is 516 g/mol. The number of carbonyl (C=O) groups excluding carboxylic acids is 2. The zero-order valence-electron chi connectivity index (χ0n) is 22.7. The monoisotopic (exact) mass is 515 g/mol. The van der Waals surface area contributed by atoms with Crippen molar-refractivity contribution in [2.45, 2.75) is 103 Å². The molecule has 38 heavy (non-hydrogen) atoms. The second kappa shape index (κ2) is 9.71. The molecule has 8 heteroatoms. The molecule has 1 aromatic carbocycles. The molecule has 3 aliphatic rings. The smallest absolute Gasteiger partial charge is 0.435 e. The first-order chi connectivity index (χ1) is 18.3. The third-order valence-electron chi connectivity index (χ3n) is 7.80. The van der Waals surface area contributed by atoms with Gasteiger partial charge in [-0.3, -0.25) is 9.48 Å². The van der Waals surface area contributed by atoms with Gasteiger partial charge in [0.05, 0.1) is 17.9 Å². The Morgan fingerprint density at radius 3 is 2.47 bits per heavy atom. The summed E-state index contributed by atoms with van der Waals surface area (Å²) in [5.74, 6) is 0.118. The zero-order valence-corrected chi connectivity index (χ0v) is 22.7. The fourth-order valence-corrected chi connectivity index (χ4v) is 5.95. The van der Waals surface area contributed by atoms with E-state index in [4.69, 9.17) is 9.84 Å². The molecule has 1 atom stereocenters. The van der Waals surface area contributed by atoms with Crippen molar-refractivity contribution in [2.75, 3.05) is 0 Å². The van der Waals surface area contributed by atoms with E-state index in [0.717, 1.165) is 85.1 Å². The minimum absolute atomic E-state index is 0.0816. The molecule has 0 spiro atoms. The van der Waals surface area contributed by atoms with Crippen LogP contribution in [0.5, 0.6) is 0 Å².